The molecular weight excluding hydrogens is 316 g/mol. The van der Waals surface area contributed by atoms with Gasteiger partial charge in [0.1, 0.15) is 5.75 Å². The summed E-state index contributed by atoms with van der Waals surface area (Å²) in [5.74, 6) is 0.334. The lowest BCUT2D eigenvalue weighted by Crippen LogP contribution is -2.25. The Hall–Kier alpha value is -3.08. The second-order valence-electron chi connectivity index (χ2n) is 5.35. The molecule has 2 N–H and O–H groups in total. The Kier molecular flexibility index (Phi) is 6.77. The zero-order valence-corrected chi connectivity index (χ0v) is 14.2. The predicted molar refractivity (Wildman–Crippen MR) is 98.9 cm³/mol. The molecule has 130 valence electrons. The van der Waals surface area contributed by atoms with Crippen molar-refractivity contribution >= 4 is 17.5 Å². The molecule has 5 heteroatoms. The number of ether oxygens (including phenoxy) is 1. The van der Waals surface area contributed by atoms with Crippen LogP contribution in [0.3, 0.4) is 0 Å². The van der Waals surface area contributed by atoms with E-state index >= 15 is 0 Å². The maximum absolute atomic E-state index is 12.3. The van der Waals surface area contributed by atoms with Crippen LogP contribution in [0.25, 0.3) is 0 Å². The van der Waals surface area contributed by atoms with Gasteiger partial charge in [0.15, 0.2) is 0 Å². The summed E-state index contributed by atoms with van der Waals surface area (Å²) in [6.07, 6.45) is 1.82. The topological polar surface area (TPSA) is 67.4 Å². The van der Waals surface area contributed by atoms with E-state index in [1.54, 1.807) is 30.3 Å². The molecule has 0 radical (unpaired) electrons. The van der Waals surface area contributed by atoms with Gasteiger partial charge in [-0.15, -0.1) is 6.58 Å². The number of hydrogen-bond donors (Lipinski definition) is 2. The molecule has 0 bridgehead atoms. The van der Waals surface area contributed by atoms with Crippen molar-refractivity contribution in [3.05, 3.63) is 72.3 Å². The number of rotatable bonds is 8. The summed E-state index contributed by atoms with van der Waals surface area (Å²) < 4.78 is 5.38. The molecule has 0 fully saturated rings. The van der Waals surface area contributed by atoms with Crippen molar-refractivity contribution in [2.45, 2.75) is 13.3 Å². The molecule has 0 saturated heterocycles. The van der Waals surface area contributed by atoms with Gasteiger partial charge in [-0.25, -0.2) is 0 Å². The van der Waals surface area contributed by atoms with Crippen molar-refractivity contribution in [3.63, 3.8) is 0 Å². The van der Waals surface area contributed by atoms with E-state index in [1.165, 1.54) is 0 Å². The first-order chi connectivity index (χ1) is 12.1. The predicted octanol–water partition coefficient (Wildman–Crippen LogP) is 3.18. The van der Waals surface area contributed by atoms with Crippen LogP contribution >= 0.6 is 0 Å². The Bertz CT molecular complexity index is 739. The lowest BCUT2D eigenvalue weighted by atomic mass is 10.1. The van der Waals surface area contributed by atoms with Crippen LogP contribution in [0.2, 0.25) is 0 Å². The highest BCUT2D eigenvalue weighted by molar-refractivity contribution is 6.04. The zero-order chi connectivity index (χ0) is 18.1. The van der Waals surface area contributed by atoms with Crippen LogP contribution in [0.15, 0.2) is 61.2 Å². The molecule has 2 aromatic carbocycles. The average molecular weight is 338 g/mol. The van der Waals surface area contributed by atoms with E-state index < -0.39 is 0 Å². The lowest BCUT2D eigenvalue weighted by molar-refractivity contribution is -0.115. The third kappa shape index (κ3) is 5.49. The van der Waals surface area contributed by atoms with Crippen LogP contribution in [0.4, 0.5) is 5.69 Å². The van der Waals surface area contributed by atoms with Crippen LogP contribution < -0.4 is 15.4 Å². The largest absolute Gasteiger partial charge is 0.494 e. The van der Waals surface area contributed by atoms with E-state index in [0.29, 0.717) is 24.4 Å². The lowest BCUT2D eigenvalue weighted by Gasteiger charge is -2.11. The van der Waals surface area contributed by atoms with Gasteiger partial charge in [-0.2, -0.15) is 0 Å². The van der Waals surface area contributed by atoms with Gasteiger partial charge in [0.25, 0.3) is 5.91 Å². The molecule has 2 amide bonds. The fourth-order valence-corrected chi connectivity index (χ4v) is 2.30. The first kappa shape index (κ1) is 18.3. The van der Waals surface area contributed by atoms with Gasteiger partial charge in [-0.05, 0) is 36.8 Å². The van der Waals surface area contributed by atoms with Crippen molar-refractivity contribution in [2.24, 2.45) is 0 Å². The van der Waals surface area contributed by atoms with Crippen LogP contribution in [0.5, 0.6) is 5.75 Å². The number of carbonyl (C=O) groups excluding carboxylic acids is 2. The Morgan fingerprint density at radius 3 is 2.52 bits per heavy atom. The second-order valence-corrected chi connectivity index (χ2v) is 5.35. The maximum Gasteiger partial charge on any atom is 0.253 e. The van der Waals surface area contributed by atoms with Crippen molar-refractivity contribution in [1.29, 1.82) is 0 Å². The van der Waals surface area contributed by atoms with Gasteiger partial charge >= 0.3 is 0 Å². The summed E-state index contributed by atoms with van der Waals surface area (Å²) in [5.41, 5.74) is 1.78. The molecule has 0 heterocycles. The normalized spacial score (nSPS) is 9.96. The molecule has 0 saturated carbocycles. The van der Waals surface area contributed by atoms with Crippen molar-refractivity contribution in [3.8, 4) is 5.75 Å². The Morgan fingerprint density at radius 2 is 1.84 bits per heavy atom. The van der Waals surface area contributed by atoms with E-state index in [0.717, 1.165) is 11.3 Å². The molecule has 0 aliphatic rings. The van der Waals surface area contributed by atoms with Gasteiger partial charge in [0, 0.05) is 6.54 Å². The monoisotopic (exact) mass is 338 g/mol. The molecule has 0 aliphatic heterocycles. The van der Waals surface area contributed by atoms with Crippen molar-refractivity contribution in [1.82, 2.24) is 5.32 Å². The van der Waals surface area contributed by atoms with E-state index in [4.69, 9.17) is 4.74 Å². The third-order valence-corrected chi connectivity index (χ3v) is 3.45. The first-order valence-electron chi connectivity index (χ1n) is 8.13. The van der Waals surface area contributed by atoms with Crippen molar-refractivity contribution < 1.29 is 14.3 Å². The molecule has 2 rings (SSSR count). The van der Waals surface area contributed by atoms with Crippen LogP contribution in [0.1, 0.15) is 22.8 Å². The minimum absolute atomic E-state index is 0.187. The van der Waals surface area contributed by atoms with Gasteiger partial charge in [-0.1, -0.05) is 30.3 Å². The quantitative estimate of drug-likeness (QED) is 0.727. The Balaban J connectivity index is 2.02. The van der Waals surface area contributed by atoms with Crippen LogP contribution in [-0.2, 0) is 11.2 Å². The number of carbonyl (C=O) groups is 2. The highest BCUT2D eigenvalue weighted by atomic mass is 16.5. The number of benzene rings is 2. The minimum Gasteiger partial charge on any atom is -0.494 e. The first-order valence-corrected chi connectivity index (χ1v) is 8.13. The number of amides is 2. The minimum atomic E-state index is -0.253. The van der Waals surface area contributed by atoms with Crippen LogP contribution in [0, 0.1) is 0 Å². The van der Waals surface area contributed by atoms with E-state index in [9.17, 15) is 9.59 Å². The summed E-state index contributed by atoms with van der Waals surface area (Å²) in [6.45, 7) is 6.46. The Morgan fingerprint density at radius 1 is 1.12 bits per heavy atom. The number of hydrogen-bond acceptors (Lipinski definition) is 3. The third-order valence-electron chi connectivity index (χ3n) is 3.45. The fourth-order valence-electron chi connectivity index (χ4n) is 2.30. The molecule has 2 aromatic rings. The standard InChI is InChI=1S/C20H22N2O3/c1-3-13-21-20(24)17-7-5-6-8-18(17)22-19(23)14-15-9-11-16(12-10-15)25-4-2/h3,5-12H,1,4,13-14H2,2H3,(H,21,24)(H,22,23). The van der Waals surface area contributed by atoms with E-state index in [-0.39, 0.29) is 18.2 Å². The number of nitrogens with one attached hydrogen (secondary N) is 2. The molecule has 5 nitrogen and oxygen atoms in total. The molecular formula is C20H22N2O3. The summed E-state index contributed by atoms with van der Waals surface area (Å²) in [4.78, 5) is 24.4. The van der Waals surface area contributed by atoms with Gasteiger partial charge in [-0.3, -0.25) is 9.59 Å². The van der Waals surface area contributed by atoms with Crippen LogP contribution in [-0.4, -0.2) is 25.0 Å². The average Bonchev–Trinajstić information content (AvgIpc) is 2.62. The highest BCUT2D eigenvalue weighted by Gasteiger charge is 2.12. The summed E-state index contributed by atoms with van der Waals surface area (Å²) in [5, 5.41) is 5.51. The molecule has 0 atom stereocenters. The van der Waals surface area contributed by atoms with Gasteiger partial charge in [0.05, 0.1) is 24.3 Å². The molecule has 25 heavy (non-hydrogen) atoms. The van der Waals surface area contributed by atoms with E-state index in [2.05, 4.69) is 17.2 Å². The summed E-state index contributed by atoms with van der Waals surface area (Å²) >= 11 is 0. The Labute approximate surface area is 147 Å². The number of para-hydroxylation sites is 1. The maximum atomic E-state index is 12.3. The highest BCUT2D eigenvalue weighted by Crippen LogP contribution is 2.16. The SMILES string of the molecule is C=CCNC(=O)c1ccccc1NC(=O)Cc1ccc(OCC)cc1. The molecule has 0 unspecified atom stereocenters. The zero-order valence-electron chi connectivity index (χ0n) is 14.2. The molecule has 0 aromatic heterocycles. The van der Waals surface area contributed by atoms with Gasteiger partial charge < -0.3 is 15.4 Å². The smallest absolute Gasteiger partial charge is 0.253 e. The second kappa shape index (κ2) is 9.27. The number of anilines is 1. The fraction of sp³-hybridized carbons (Fsp3) is 0.200. The van der Waals surface area contributed by atoms with Gasteiger partial charge in [0.2, 0.25) is 5.91 Å². The molecule has 0 aliphatic carbocycles. The molecule has 0 spiro atoms. The summed E-state index contributed by atoms with van der Waals surface area (Å²) in [6, 6.07) is 14.3. The van der Waals surface area contributed by atoms with E-state index in [1.807, 2.05) is 31.2 Å². The summed E-state index contributed by atoms with van der Waals surface area (Å²) in [7, 11) is 0. The van der Waals surface area contributed by atoms with Crippen molar-refractivity contribution in [2.75, 3.05) is 18.5 Å².